The fourth-order valence-electron chi connectivity index (χ4n) is 3.42. The van der Waals surface area contributed by atoms with Crippen molar-refractivity contribution >= 4 is 0 Å². The number of nitrogens with zero attached hydrogens (tertiary/aromatic N) is 2. The molecule has 0 saturated carbocycles. The molecule has 110 valence electrons. The molecule has 0 aliphatic carbocycles. The van der Waals surface area contributed by atoms with Gasteiger partial charge in [-0.05, 0) is 56.6 Å². The van der Waals surface area contributed by atoms with Gasteiger partial charge in [0.15, 0.2) is 0 Å². The summed E-state index contributed by atoms with van der Waals surface area (Å²) in [4.78, 5) is 4.92. The molecule has 0 radical (unpaired) electrons. The number of rotatable bonds is 4. The van der Waals surface area contributed by atoms with E-state index in [2.05, 4.69) is 9.80 Å². The van der Waals surface area contributed by atoms with Gasteiger partial charge in [-0.1, -0.05) is 12.1 Å². The number of hydrogen-bond acceptors (Lipinski definition) is 3. The second-order valence-electron chi connectivity index (χ2n) is 6.01. The van der Waals surface area contributed by atoms with Gasteiger partial charge in [-0.25, -0.2) is 4.39 Å². The summed E-state index contributed by atoms with van der Waals surface area (Å²) in [6.45, 7) is 5.23. The van der Waals surface area contributed by atoms with E-state index >= 15 is 0 Å². The Balaban J connectivity index is 1.52. The van der Waals surface area contributed by atoms with E-state index in [0.29, 0.717) is 12.6 Å². The highest BCUT2D eigenvalue weighted by Crippen LogP contribution is 2.23. The van der Waals surface area contributed by atoms with Crippen LogP contribution in [0.15, 0.2) is 24.3 Å². The normalized spacial score (nSPS) is 26.2. The summed E-state index contributed by atoms with van der Waals surface area (Å²) in [5, 5.41) is 10.2. The number of β-amino-alcohol motifs (C(OH)–C–C–N with tert-alkyl or cyclic N) is 1. The van der Waals surface area contributed by atoms with Crippen molar-refractivity contribution in [2.75, 3.05) is 32.7 Å². The summed E-state index contributed by atoms with van der Waals surface area (Å²) in [5.74, 6) is -0.254. The maximum Gasteiger partial charge on any atom is 0.123 e. The molecule has 3 nitrogen and oxygen atoms in total. The zero-order valence-electron chi connectivity index (χ0n) is 11.8. The lowest BCUT2D eigenvalue weighted by atomic mass is 10.1. The number of halogens is 1. The molecule has 1 N–H and O–H groups in total. The lowest BCUT2D eigenvalue weighted by Gasteiger charge is -2.24. The maximum absolute atomic E-state index is 12.9. The Labute approximate surface area is 120 Å². The Bertz CT molecular complexity index is 431. The van der Waals surface area contributed by atoms with Gasteiger partial charge in [0.1, 0.15) is 5.82 Å². The lowest BCUT2D eigenvalue weighted by molar-refractivity contribution is 0.120. The summed E-state index contributed by atoms with van der Waals surface area (Å²) in [6, 6.07) is 6.84. The van der Waals surface area contributed by atoms with Crippen molar-refractivity contribution in [3.8, 4) is 0 Å². The van der Waals surface area contributed by atoms with Crippen LogP contribution in [0.25, 0.3) is 0 Å². The van der Waals surface area contributed by atoms with Crippen molar-refractivity contribution < 1.29 is 9.50 Å². The zero-order valence-corrected chi connectivity index (χ0v) is 11.8. The van der Waals surface area contributed by atoms with Gasteiger partial charge in [0.05, 0.1) is 6.10 Å². The van der Waals surface area contributed by atoms with Crippen LogP contribution < -0.4 is 0 Å². The number of hydrogen-bond donors (Lipinski definition) is 1. The third-order valence-corrected chi connectivity index (χ3v) is 4.59. The van der Waals surface area contributed by atoms with Crippen molar-refractivity contribution in [3.05, 3.63) is 35.6 Å². The third kappa shape index (κ3) is 3.19. The molecule has 2 fully saturated rings. The van der Waals surface area contributed by atoms with Crippen molar-refractivity contribution in [2.45, 2.75) is 31.4 Å². The Kier molecular flexibility index (Phi) is 4.34. The molecule has 1 aromatic carbocycles. The summed E-state index contributed by atoms with van der Waals surface area (Å²) in [6.07, 6.45) is 3.34. The fourth-order valence-corrected chi connectivity index (χ4v) is 3.42. The Hall–Kier alpha value is -0.970. The molecule has 0 bridgehead atoms. The van der Waals surface area contributed by atoms with Gasteiger partial charge >= 0.3 is 0 Å². The van der Waals surface area contributed by atoms with Crippen LogP contribution in [0.5, 0.6) is 0 Å². The first-order valence-electron chi connectivity index (χ1n) is 7.62. The summed E-state index contributed by atoms with van der Waals surface area (Å²) in [5.41, 5.74) is 0.802. The molecule has 2 unspecified atom stereocenters. The van der Waals surface area contributed by atoms with Crippen LogP contribution in [0.1, 0.15) is 30.9 Å². The first-order valence-corrected chi connectivity index (χ1v) is 7.62. The molecule has 20 heavy (non-hydrogen) atoms. The summed E-state index contributed by atoms with van der Waals surface area (Å²) >= 11 is 0. The van der Waals surface area contributed by atoms with Crippen LogP contribution in [0.2, 0.25) is 0 Å². The number of aliphatic hydroxyl groups is 1. The van der Waals surface area contributed by atoms with Crippen LogP contribution in [0.3, 0.4) is 0 Å². The molecule has 0 spiro atoms. The molecule has 1 aromatic rings. The highest BCUT2D eigenvalue weighted by Gasteiger charge is 2.30. The zero-order chi connectivity index (χ0) is 13.9. The highest BCUT2D eigenvalue weighted by atomic mass is 19.1. The smallest absolute Gasteiger partial charge is 0.123 e. The molecule has 2 heterocycles. The average molecular weight is 278 g/mol. The summed E-state index contributed by atoms with van der Waals surface area (Å²) in [7, 11) is 0. The van der Waals surface area contributed by atoms with Gasteiger partial charge < -0.3 is 5.11 Å². The van der Waals surface area contributed by atoms with Crippen LogP contribution in [0, 0.1) is 5.82 Å². The topological polar surface area (TPSA) is 26.7 Å². The largest absolute Gasteiger partial charge is 0.387 e. The molecule has 2 atom stereocenters. The minimum atomic E-state index is -0.520. The SMILES string of the molecule is OC(CN1CCC(N2CCCC2)C1)c1ccc(F)cc1. The fraction of sp³-hybridized carbons (Fsp3) is 0.625. The maximum atomic E-state index is 12.9. The predicted octanol–water partition coefficient (Wildman–Crippen LogP) is 2.03. The van der Waals surface area contributed by atoms with Crippen molar-refractivity contribution in [1.29, 1.82) is 0 Å². The number of likely N-dealkylation sites (tertiary alicyclic amines) is 2. The Morgan fingerprint density at radius 2 is 1.85 bits per heavy atom. The second kappa shape index (κ2) is 6.20. The van der Waals surface area contributed by atoms with E-state index in [1.807, 2.05) is 0 Å². The van der Waals surface area contributed by atoms with Gasteiger partial charge in [0, 0.05) is 19.1 Å². The van der Waals surface area contributed by atoms with E-state index in [1.165, 1.54) is 44.5 Å². The van der Waals surface area contributed by atoms with Gasteiger partial charge in [-0.3, -0.25) is 9.80 Å². The molecule has 2 saturated heterocycles. The van der Waals surface area contributed by atoms with Crippen molar-refractivity contribution in [2.24, 2.45) is 0 Å². The quantitative estimate of drug-likeness (QED) is 0.913. The molecule has 2 aliphatic rings. The van der Waals surface area contributed by atoms with E-state index in [9.17, 15) is 9.50 Å². The van der Waals surface area contributed by atoms with E-state index in [0.717, 1.165) is 18.7 Å². The molecular weight excluding hydrogens is 255 g/mol. The minimum absolute atomic E-state index is 0.254. The van der Waals surface area contributed by atoms with E-state index in [1.54, 1.807) is 12.1 Å². The van der Waals surface area contributed by atoms with E-state index < -0.39 is 6.10 Å². The van der Waals surface area contributed by atoms with Gasteiger partial charge in [-0.2, -0.15) is 0 Å². The first kappa shape index (κ1) is 14.0. The molecule has 3 rings (SSSR count). The highest BCUT2D eigenvalue weighted by molar-refractivity contribution is 5.18. The Morgan fingerprint density at radius 3 is 2.55 bits per heavy atom. The van der Waals surface area contributed by atoms with Gasteiger partial charge in [-0.15, -0.1) is 0 Å². The minimum Gasteiger partial charge on any atom is -0.387 e. The van der Waals surface area contributed by atoms with Crippen LogP contribution in [0.4, 0.5) is 4.39 Å². The number of benzene rings is 1. The van der Waals surface area contributed by atoms with Crippen LogP contribution in [-0.4, -0.2) is 53.7 Å². The molecule has 0 aromatic heterocycles. The predicted molar refractivity (Wildman–Crippen MR) is 77.0 cm³/mol. The first-order chi connectivity index (χ1) is 9.72. The molecule has 2 aliphatic heterocycles. The van der Waals surface area contributed by atoms with E-state index in [4.69, 9.17) is 0 Å². The lowest BCUT2D eigenvalue weighted by Crippen LogP contribution is -2.36. The van der Waals surface area contributed by atoms with E-state index in [-0.39, 0.29) is 5.82 Å². The molecule has 0 amide bonds. The standard InChI is InChI=1S/C16H23FN2O/c17-14-5-3-13(4-6-14)16(20)12-18-10-7-15(11-18)19-8-1-2-9-19/h3-6,15-16,20H,1-2,7-12H2. The van der Waals surface area contributed by atoms with Crippen molar-refractivity contribution in [3.63, 3.8) is 0 Å². The molecule has 4 heteroatoms. The Morgan fingerprint density at radius 1 is 1.15 bits per heavy atom. The van der Waals surface area contributed by atoms with Crippen molar-refractivity contribution in [1.82, 2.24) is 9.80 Å². The monoisotopic (exact) mass is 278 g/mol. The van der Waals surface area contributed by atoms with Crippen LogP contribution >= 0.6 is 0 Å². The van der Waals surface area contributed by atoms with Crippen LogP contribution in [-0.2, 0) is 0 Å². The summed E-state index contributed by atoms with van der Waals surface area (Å²) < 4.78 is 12.9. The molecular formula is C16H23FN2O. The second-order valence-corrected chi connectivity index (χ2v) is 6.01. The van der Waals surface area contributed by atoms with Gasteiger partial charge in [0.25, 0.3) is 0 Å². The van der Waals surface area contributed by atoms with Gasteiger partial charge in [0.2, 0.25) is 0 Å². The average Bonchev–Trinajstić information content (AvgIpc) is 3.09. The number of aliphatic hydroxyl groups excluding tert-OH is 1. The third-order valence-electron chi connectivity index (χ3n) is 4.59.